The van der Waals surface area contributed by atoms with Crippen molar-refractivity contribution in [1.29, 1.82) is 0 Å². The average Bonchev–Trinajstić information content (AvgIpc) is 2.70. The molecule has 4 nitrogen and oxygen atoms in total. The van der Waals surface area contributed by atoms with Crippen LogP contribution in [-0.2, 0) is 4.79 Å². The highest BCUT2D eigenvalue weighted by Crippen LogP contribution is 2.28. The van der Waals surface area contributed by atoms with Gasteiger partial charge in [0.05, 0.1) is 5.75 Å². The molecule has 0 radical (unpaired) electrons. The Balaban J connectivity index is 2.98. The Kier molecular flexibility index (Phi) is 6.08. The Hall–Kier alpha value is -0.620. The van der Waals surface area contributed by atoms with Gasteiger partial charge in [0, 0.05) is 23.7 Å². The van der Waals surface area contributed by atoms with Crippen molar-refractivity contribution in [3.63, 3.8) is 0 Å². The lowest BCUT2D eigenvalue weighted by Gasteiger charge is -2.19. The normalized spacial score (nSPS) is 12.9. The van der Waals surface area contributed by atoms with E-state index < -0.39 is 5.97 Å². The van der Waals surface area contributed by atoms with E-state index in [4.69, 9.17) is 5.11 Å². The number of carboxylic acid groups (broad SMARTS) is 1. The Labute approximate surface area is 117 Å². The van der Waals surface area contributed by atoms with E-state index in [1.807, 2.05) is 6.20 Å². The minimum atomic E-state index is -0.807. The van der Waals surface area contributed by atoms with Gasteiger partial charge in [0.25, 0.3) is 0 Å². The minimum absolute atomic E-state index is 0.0561. The van der Waals surface area contributed by atoms with Gasteiger partial charge in [0.1, 0.15) is 0 Å². The fraction of sp³-hybridized carbons (Fsp3) is 0.667. The van der Waals surface area contributed by atoms with Crippen LogP contribution in [0.4, 0.5) is 0 Å². The number of thioether (sulfide) groups is 2. The van der Waals surface area contributed by atoms with Gasteiger partial charge in [-0.15, -0.1) is 0 Å². The maximum atomic E-state index is 10.7. The second-order valence-electron chi connectivity index (χ2n) is 4.48. The van der Waals surface area contributed by atoms with E-state index in [2.05, 4.69) is 36.6 Å². The van der Waals surface area contributed by atoms with Gasteiger partial charge in [-0.25, -0.2) is 4.98 Å². The van der Waals surface area contributed by atoms with E-state index in [1.54, 1.807) is 11.8 Å². The van der Waals surface area contributed by atoms with Gasteiger partial charge in [0.15, 0.2) is 5.16 Å². The molecule has 0 spiro atoms. The van der Waals surface area contributed by atoms with Gasteiger partial charge in [0.2, 0.25) is 0 Å². The fourth-order valence-corrected chi connectivity index (χ4v) is 3.21. The van der Waals surface area contributed by atoms with Gasteiger partial charge >= 0.3 is 5.97 Å². The van der Waals surface area contributed by atoms with E-state index in [-0.39, 0.29) is 5.75 Å². The topological polar surface area (TPSA) is 55.1 Å². The zero-order valence-electron chi connectivity index (χ0n) is 11.2. The summed E-state index contributed by atoms with van der Waals surface area (Å²) in [6.45, 7) is 6.41. The molecule has 1 aromatic rings. The number of nitrogens with zero attached hydrogens (tertiary/aromatic N) is 2. The van der Waals surface area contributed by atoms with Gasteiger partial charge < -0.3 is 9.67 Å². The highest BCUT2D eigenvalue weighted by Gasteiger charge is 2.18. The summed E-state index contributed by atoms with van der Waals surface area (Å²) in [6, 6.07) is 0.330. The van der Waals surface area contributed by atoms with Crippen molar-refractivity contribution < 1.29 is 9.90 Å². The van der Waals surface area contributed by atoms with Crippen molar-refractivity contribution in [3.05, 3.63) is 11.9 Å². The standard InChI is InChI=1S/C12H20N2O2S2/c1-8(2)10-5-13-12(18-7-11(15)16)14(10)9(3)6-17-4/h5,8-9H,6-7H2,1-4H3,(H,15,16). The number of rotatable bonds is 7. The molecule has 0 saturated heterocycles. The first-order chi connectivity index (χ1) is 8.47. The Bertz CT molecular complexity index is 405. The minimum Gasteiger partial charge on any atom is -0.481 e. The molecule has 0 saturated carbocycles. The van der Waals surface area contributed by atoms with Crippen molar-refractivity contribution in [1.82, 2.24) is 9.55 Å². The summed E-state index contributed by atoms with van der Waals surface area (Å²) in [4.78, 5) is 15.0. The van der Waals surface area contributed by atoms with E-state index in [1.165, 1.54) is 17.5 Å². The Morgan fingerprint density at radius 2 is 2.17 bits per heavy atom. The predicted octanol–water partition coefficient (Wildman–Crippen LogP) is 3.11. The zero-order chi connectivity index (χ0) is 13.7. The van der Waals surface area contributed by atoms with Crippen LogP contribution < -0.4 is 0 Å². The SMILES string of the molecule is CSCC(C)n1c(C(C)C)cnc1SCC(=O)O. The van der Waals surface area contributed by atoms with Crippen LogP contribution >= 0.6 is 23.5 Å². The van der Waals surface area contributed by atoms with Crippen LogP contribution in [0.2, 0.25) is 0 Å². The maximum Gasteiger partial charge on any atom is 0.313 e. The molecule has 0 aromatic carbocycles. The third kappa shape index (κ3) is 3.95. The lowest BCUT2D eigenvalue weighted by Crippen LogP contribution is -2.14. The largest absolute Gasteiger partial charge is 0.481 e. The molecular formula is C12H20N2O2S2. The molecular weight excluding hydrogens is 268 g/mol. The molecule has 1 aromatic heterocycles. The highest BCUT2D eigenvalue weighted by atomic mass is 32.2. The first-order valence-corrected chi connectivity index (χ1v) is 8.26. The van der Waals surface area contributed by atoms with Crippen molar-refractivity contribution in [2.75, 3.05) is 17.8 Å². The van der Waals surface area contributed by atoms with Crippen LogP contribution in [0, 0.1) is 0 Å². The third-order valence-corrected chi connectivity index (χ3v) is 4.32. The molecule has 0 amide bonds. The smallest absolute Gasteiger partial charge is 0.313 e. The zero-order valence-corrected chi connectivity index (χ0v) is 12.8. The summed E-state index contributed by atoms with van der Waals surface area (Å²) in [5.41, 5.74) is 1.17. The van der Waals surface area contributed by atoms with Gasteiger partial charge in [-0.1, -0.05) is 25.6 Å². The van der Waals surface area contributed by atoms with Crippen LogP contribution in [0.25, 0.3) is 0 Å². The first kappa shape index (κ1) is 15.4. The van der Waals surface area contributed by atoms with E-state index in [0.29, 0.717) is 12.0 Å². The Morgan fingerprint density at radius 3 is 2.67 bits per heavy atom. The number of aromatic nitrogens is 2. The second-order valence-corrected chi connectivity index (χ2v) is 6.33. The maximum absolute atomic E-state index is 10.7. The molecule has 0 bridgehead atoms. The summed E-state index contributed by atoms with van der Waals surface area (Å²) in [5, 5.41) is 9.57. The molecule has 102 valence electrons. The summed E-state index contributed by atoms with van der Waals surface area (Å²) < 4.78 is 2.18. The van der Waals surface area contributed by atoms with Crippen LogP contribution in [0.5, 0.6) is 0 Å². The van der Waals surface area contributed by atoms with Gasteiger partial charge in [-0.05, 0) is 19.1 Å². The van der Waals surface area contributed by atoms with Gasteiger partial charge in [-0.2, -0.15) is 11.8 Å². The van der Waals surface area contributed by atoms with E-state index >= 15 is 0 Å². The summed E-state index contributed by atoms with van der Waals surface area (Å²) in [6.07, 6.45) is 3.94. The molecule has 0 aliphatic rings. The number of carboxylic acids is 1. The van der Waals surface area contributed by atoms with Crippen LogP contribution in [0.1, 0.15) is 38.4 Å². The van der Waals surface area contributed by atoms with Crippen LogP contribution in [0.3, 0.4) is 0 Å². The number of aliphatic carboxylic acids is 1. The monoisotopic (exact) mass is 288 g/mol. The molecule has 0 aliphatic heterocycles. The van der Waals surface area contributed by atoms with Crippen LogP contribution in [-0.4, -0.2) is 38.4 Å². The highest BCUT2D eigenvalue weighted by molar-refractivity contribution is 7.99. The number of hydrogen-bond acceptors (Lipinski definition) is 4. The van der Waals surface area contributed by atoms with E-state index in [9.17, 15) is 4.79 Å². The molecule has 1 heterocycles. The van der Waals surface area contributed by atoms with E-state index in [0.717, 1.165) is 10.9 Å². The van der Waals surface area contributed by atoms with Crippen molar-refractivity contribution in [2.45, 2.75) is 37.9 Å². The van der Waals surface area contributed by atoms with Gasteiger partial charge in [-0.3, -0.25) is 4.79 Å². The number of carbonyl (C=O) groups is 1. The van der Waals surface area contributed by atoms with Crippen LogP contribution in [0.15, 0.2) is 11.4 Å². The quantitative estimate of drug-likeness (QED) is 0.781. The lowest BCUT2D eigenvalue weighted by molar-refractivity contribution is -0.133. The average molecular weight is 288 g/mol. The lowest BCUT2D eigenvalue weighted by atomic mass is 10.1. The second kappa shape index (κ2) is 7.09. The summed E-state index contributed by atoms with van der Waals surface area (Å²) in [7, 11) is 0. The Morgan fingerprint density at radius 1 is 1.50 bits per heavy atom. The molecule has 1 unspecified atom stereocenters. The van der Waals surface area contributed by atoms with Crippen molar-refractivity contribution in [3.8, 4) is 0 Å². The van der Waals surface area contributed by atoms with Crippen molar-refractivity contribution >= 4 is 29.5 Å². The fourth-order valence-electron chi connectivity index (χ4n) is 1.78. The third-order valence-electron chi connectivity index (χ3n) is 2.56. The number of imidazole rings is 1. The molecule has 1 rings (SSSR count). The molecule has 0 aliphatic carbocycles. The number of hydrogen-bond donors (Lipinski definition) is 1. The molecule has 1 atom stereocenters. The molecule has 18 heavy (non-hydrogen) atoms. The molecule has 1 N–H and O–H groups in total. The van der Waals surface area contributed by atoms with Crippen molar-refractivity contribution in [2.24, 2.45) is 0 Å². The molecule has 6 heteroatoms. The predicted molar refractivity (Wildman–Crippen MR) is 77.8 cm³/mol. The first-order valence-electron chi connectivity index (χ1n) is 5.88. The molecule has 0 fully saturated rings. The summed E-state index contributed by atoms with van der Waals surface area (Å²) in [5.74, 6) is 0.635. The summed E-state index contributed by atoms with van der Waals surface area (Å²) >= 11 is 3.08.